The molecule has 0 aliphatic rings. The van der Waals surface area contributed by atoms with E-state index in [1.54, 1.807) is 24.3 Å². The Kier molecular flexibility index (Phi) is 63.5. The lowest BCUT2D eigenvalue weighted by Gasteiger charge is -1.82. The van der Waals surface area contributed by atoms with Gasteiger partial charge in [0.1, 0.15) is 0 Å². The van der Waals surface area contributed by atoms with Crippen LogP contribution in [-0.4, -0.2) is 14.7 Å². The molecule has 0 aliphatic heterocycles. The highest BCUT2D eigenvalue weighted by molar-refractivity contribution is 7.45. The molecule has 0 fully saturated rings. The molecular weight excluding hydrogens is 239 g/mol. The molecule has 0 unspecified atom stereocenters. The van der Waals surface area contributed by atoms with Gasteiger partial charge in [0.2, 0.25) is 0 Å². The number of allylic oxidation sites excluding steroid dienone is 4. The summed E-state index contributed by atoms with van der Waals surface area (Å²) in [7, 11) is -4.64. The van der Waals surface area contributed by atoms with Crippen molar-refractivity contribution in [3.8, 4) is 0 Å². The number of hydrogen-bond donors (Lipinski definition) is 3. The van der Waals surface area contributed by atoms with Crippen LogP contribution >= 0.6 is 7.82 Å². The molecule has 3 N–H and O–H groups in total. The summed E-state index contributed by atoms with van der Waals surface area (Å²) in [6.45, 7) is 21.0. The average molecular weight is 266 g/mol. The summed E-state index contributed by atoms with van der Waals surface area (Å²) in [5.74, 6) is 0. The molecule has 0 amide bonds. The van der Waals surface area contributed by atoms with E-state index in [0.717, 1.165) is 0 Å². The van der Waals surface area contributed by atoms with Crippen molar-refractivity contribution < 1.29 is 19.2 Å². The lowest BCUT2D eigenvalue weighted by molar-refractivity contribution is 0.275. The molecule has 0 atom stereocenters. The highest BCUT2D eigenvalue weighted by Gasteiger charge is 2.00. The second-order valence-corrected chi connectivity index (χ2v) is 3.17. The van der Waals surface area contributed by atoms with Crippen LogP contribution in [0.25, 0.3) is 0 Å². The van der Waals surface area contributed by atoms with E-state index < -0.39 is 7.82 Å². The van der Waals surface area contributed by atoms with Gasteiger partial charge in [0.25, 0.3) is 0 Å². The molecule has 0 saturated heterocycles. The van der Waals surface area contributed by atoms with Gasteiger partial charge in [-0.3, -0.25) is 0 Å². The maximum absolute atomic E-state index is 8.88. The van der Waals surface area contributed by atoms with Gasteiger partial charge in [-0.05, 0) is 27.7 Å². The van der Waals surface area contributed by atoms with Gasteiger partial charge in [-0.15, -0.1) is 26.3 Å². The van der Waals surface area contributed by atoms with Gasteiger partial charge in [-0.25, -0.2) is 4.57 Å². The molecular formula is C12H27O4P. The van der Waals surface area contributed by atoms with Crippen molar-refractivity contribution in [3.63, 3.8) is 0 Å². The predicted molar refractivity (Wildman–Crippen MR) is 77.7 cm³/mol. The third-order valence-corrected chi connectivity index (χ3v) is 0. The first-order valence-electron chi connectivity index (χ1n) is 4.72. The molecule has 0 radical (unpaired) electrons. The molecule has 104 valence electrons. The van der Waals surface area contributed by atoms with Gasteiger partial charge in [-0.1, -0.05) is 24.3 Å². The molecule has 0 heterocycles. The van der Waals surface area contributed by atoms with Crippen molar-refractivity contribution in [2.45, 2.75) is 27.7 Å². The SMILES string of the molecule is C=CC.C=CC.C=CC.C=CC.O=P(O)(O)O. The van der Waals surface area contributed by atoms with E-state index in [-0.39, 0.29) is 0 Å². The molecule has 0 bridgehead atoms. The summed E-state index contributed by atoms with van der Waals surface area (Å²) in [6.07, 6.45) is 7.00. The molecule has 0 aromatic heterocycles. The summed E-state index contributed by atoms with van der Waals surface area (Å²) in [5, 5.41) is 0. The van der Waals surface area contributed by atoms with E-state index in [1.165, 1.54) is 0 Å². The first-order valence-corrected chi connectivity index (χ1v) is 6.29. The molecule has 0 aromatic rings. The largest absolute Gasteiger partial charge is 0.466 e. The third kappa shape index (κ3) is 2980. The van der Waals surface area contributed by atoms with E-state index >= 15 is 0 Å². The Morgan fingerprint density at radius 2 is 0.706 bits per heavy atom. The Hall–Kier alpha value is -0.930. The zero-order valence-electron chi connectivity index (χ0n) is 11.3. The normalized spacial score (nSPS) is 6.53. The summed E-state index contributed by atoms with van der Waals surface area (Å²) >= 11 is 0. The topological polar surface area (TPSA) is 77.8 Å². The Morgan fingerprint density at radius 1 is 0.706 bits per heavy atom. The highest BCUT2D eigenvalue weighted by atomic mass is 31.2. The lowest BCUT2D eigenvalue weighted by atomic mass is 10.8. The van der Waals surface area contributed by atoms with Crippen LogP contribution in [0.4, 0.5) is 0 Å². The number of rotatable bonds is 0. The fourth-order valence-corrected chi connectivity index (χ4v) is 0. The molecule has 4 nitrogen and oxygen atoms in total. The zero-order chi connectivity index (χ0) is 15.3. The van der Waals surface area contributed by atoms with Crippen LogP contribution in [0, 0.1) is 0 Å². The minimum atomic E-state index is -4.64. The van der Waals surface area contributed by atoms with Gasteiger partial charge in [0.15, 0.2) is 0 Å². The fraction of sp³-hybridized carbons (Fsp3) is 0.333. The second kappa shape index (κ2) is 36.3. The van der Waals surface area contributed by atoms with Gasteiger partial charge < -0.3 is 14.7 Å². The van der Waals surface area contributed by atoms with Gasteiger partial charge in [-0.2, -0.15) is 0 Å². The Morgan fingerprint density at radius 3 is 0.706 bits per heavy atom. The molecule has 0 rings (SSSR count). The van der Waals surface area contributed by atoms with Crippen LogP contribution in [0.2, 0.25) is 0 Å². The molecule has 0 aromatic carbocycles. The summed E-state index contributed by atoms with van der Waals surface area (Å²) in [5.41, 5.74) is 0. The standard InChI is InChI=1S/4C3H6.H3O4P/c4*1-3-2;1-5(2,3)4/h4*3H,1H2,2H3;(H3,1,2,3,4). The minimum Gasteiger partial charge on any atom is -0.303 e. The van der Waals surface area contributed by atoms with Crippen molar-refractivity contribution in [1.82, 2.24) is 0 Å². The maximum atomic E-state index is 8.88. The molecule has 0 aliphatic carbocycles. The fourth-order valence-electron chi connectivity index (χ4n) is 0. The van der Waals surface area contributed by atoms with Gasteiger partial charge in [0.05, 0.1) is 0 Å². The van der Waals surface area contributed by atoms with Crippen LogP contribution in [0.5, 0.6) is 0 Å². The molecule has 17 heavy (non-hydrogen) atoms. The Bertz CT molecular complexity index is 162. The lowest BCUT2D eigenvalue weighted by Crippen LogP contribution is -1.66. The number of hydrogen-bond acceptors (Lipinski definition) is 1. The van der Waals surface area contributed by atoms with Crippen LogP contribution in [0.1, 0.15) is 27.7 Å². The summed E-state index contributed by atoms with van der Waals surface area (Å²) in [6, 6.07) is 0. The van der Waals surface area contributed by atoms with Gasteiger partial charge in [0, 0.05) is 0 Å². The summed E-state index contributed by atoms with van der Waals surface area (Å²) in [4.78, 5) is 21.6. The quantitative estimate of drug-likeness (QED) is 0.460. The van der Waals surface area contributed by atoms with Gasteiger partial charge >= 0.3 is 7.82 Å². The average Bonchev–Trinajstić information content (AvgIpc) is 2.04. The molecule has 0 spiro atoms. The third-order valence-electron chi connectivity index (χ3n) is 0. The van der Waals surface area contributed by atoms with Crippen molar-refractivity contribution in [1.29, 1.82) is 0 Å². The minimum absolute atomic E-state index is 1.75. The van der Waals surface area contributed by atoms with E-state index in [0.29, 0.717) is 0 Å². The van der Waals surface area contributed by atoms with Crippen molar-refractivity contribution in [2.75, 3.05) is 0 Å². The first kappa shape index (κ1) is 29.8. The van der Waals surface area contributed by atoms with E-state index in [1.807, 2.05) is 27.7 Å². The van der Waals surface area contributed by atoms with Crippen molar-refractivity contribution in [3.05, 3.63) is 50.6 Å². The smallest absolute Gasteiger partial charge is 0.303 e. The van der Waals surface area contributed by atoms with E-state index in [9.17, 15) is 0 Å². The maximum Gasteiger partial charge on any atom is 0.466 e. The highest BCUT2D eigenvalue weighted by Crippen LogP contribution is 2.25. The van der Waals surface area contributed by atoms with Crippen LogP contribution in [-0.2, 0) is 4.57 Å². The predicted octanol–water partition coefficient (Wildman–Crippen LogP) is 3.84. The van der Waals surface area contributed by atoms with Crippen molar-refractivity contribution >= 4 is 7.82 Å². The summed E-state index contributed by atoms with van der Waals surface area (Å²) < 4.78 is 8.88. The Labute approximate surface area is 106 Å². The van der Waals surface area contributed by atoms with E-state index in [2.05, 4.69) is 26.3 Å². The molecule has 5 heteroatoms. The monoisotopic (exact) mass is 266 g/mol. The van der Waals surface area contributed by atoms with Crippen molar-refractivity contribution in [2.24, 2.45) is 0 Å². The number of phosphoric acid groups is 1. The second-order valence-electron chi connectivity index (χ2n) is 2.15. The van der Waals surface area contributed by atoms with Crippen LogP contribution < -0.4 is 0 Å². The first-order chi connectivity index (χ1) is 7.66. The molecule has 0 saturated carbocycles. The zero-order valence-corrected chi connectivity index (χ0v) is 12.2. The van der Waals surface area contributed by atoms with Crippen LogP contribution in [0.15, 0.2) is 50.6 Å². The Balaban J connectivity index is -0.0000000362. The van der Waals surface area contributed by atoms with E-state index in [4.69, 9.17) is 19.2 Å². The van der Waals surface area contributed by atoms with Crippen LogP contribution in [0.3, 0.4) is 0 Å².